The number of benzene rings is 3. The van der Waals surface area contributed by atoms with Crippen LogP contribution in [0.3, 0.4) is 0 Å². The van der Waals surface area contributed by atoms with Gasteiger partial charge in [0.2, 0.25) is 0 Å². The van der Waals surface area contributed by atoms with Gasteiger partial charge >= 0.3 is 20.8 Å². The topological polar surface area (TPSA) is 361 Å². The molecule has 0 radical (unpaired) electrons. The van der Waals surface area contributed by atoms with Crippen molar-refractivity contribution in [1.82, 2.24) is 0 Å². The Bertz CT molecular complexity index is 2400. The van der Waals surface area contributed by atoms with Gasteiger partial charge in [-0.1, -0.05) is 0 Å². The fourth-order valence-corrected chi connectivity index (χ4v) is 7.39. The fourth-order valence-electron chi connectivity index (χ4n) is 3.65. The Balaban J connectivity index is 1.96. The Labute approximate surface area is 285 Å². The van der Waals surface area contributed by atoms with Crippen molar-refractivity contribution in [1.29, 1.82) is 0 Å². The zero-order valence-electron chi connectivity index (χ0n) is 25.1. The number of anilines is 2. The van der Waals surface area contributed by atoms with Crippen LogP contribution < -0.4 is 16.2 Å². The molecule has 0 bridgehead atoms. The Morgan fingerprint density at radius 1 is 0.580 bits per heavy atom. The summed E-state index contributed by atoms with van der Waals surface area (Å²) in [5, 5.41) is 15.5. The molecule has 3 rings (SSSR count). The predicted molar refractivity (Wildman–Crippen MR) is 172 cm³/mol. The molecule has 0 aliphatic heterocycles. The summed E-state index contributed by atoms with van der Waals surface area (Å²) >= 11 is 0. The number of nitrogens with zero attached hydrogens (tertiary/aromatic N) is 4. The van der Waals surface area contributed by atoms with Crippen molar-refractivity contribution in [3.05, 3.63) is 48.5 Å². The van der Waals surface area contributed by atoms with Gasteiger partial charge in [-0.3, -0.25) is 13.7 Å². The lowest BCUT2D eigenvalue weighted by Crippen LogP contribution is -2.16. The molecule has 3 aromatic rings. The molecule has 0 aliphatic carbocycles. The number of methoxy groups -OCH3 is 1. The Hall–Kier alpha value is -4.19. The van der Waals surface area contributed by atoms with Crippen LogP contribution in [0.1, 0.15) is 0 Å². The molecule has 0 spiro atoms. The zero-order chi connectivity index (χ0) is 37.7. The SMILES string of the molecule is COc1ccc(S(=O)(=O)CCOS(=O)(=O)O)cc1N=Nc1cc(N=Nc2ccc(S(=O)(=O)CCOS(=O)(=O)O)cc2S(=O)(=O)O)c(N)cc1N. The number of azo groups is 2. The van der Waals surface area contributed by atoms with Crippen LogP contribution in [0.5, 0.6) is 5.75 Å². The van der Waals surface area contributed by atoms with Crippen molar-refractivity contribution < 1.29 is 68.9 Å². The highest BCUT2D eigenvalue weighted by Gasteiger charge is 2.23. The minimum atomic E-state index is -5.13. The van der Waals surface area contributed by atoms with E-state index in [9.17, 15) is 46.6 Å². The van der Waals surface area contributed by atoms with Crippen molar-refractivity contribution in [2.75, 3.05) is 43.3 Å². The van der Waals surface area contributed by atoms with E-state index < -0.39 is 90.8 Å². The molecule has 0 aliphatic rings. The number of sulfone groups is 2. The molecule has 3 aromatic carbocycles. The third kappa shape index (κ3) is 11.4. The molecule has 22 nitrogen and oxygen atoms in total. The molecule has 0 atom stereocenters. The summed E-state index contributed by atoms with van der Waals surface area (Å²) in [4.78, 5) is -2.04. The van der Waals surface area contributed by atoms with Crippen molar-refractivity contribution >= 4 is 84.7 Å². The first kappa shape index (κ1) is 40.2. The maximum absolute atomic E-state index is 12.7. The number of nitrogen functional groups attached to an aromatic ring is 2. The highest BCUT2D eigenvalue weighted by atomic mass is 32.3. The molecule has 0 heterocycles. The van der Waals surface area contributed by atoms with Crippen LogP contribution >= 0.6 is 0 Å². The van der Waals surface area contributed by atoms with E-state index in [0.717, 1.165) is 30.3 Å². The van der Waals surface area contributed by atoms with E-state index in [4.69, 9.17) is 25.3 Å². The monoisotopic (exact) mass is 802 g/mol. The molecule has 274 valence electrons. The number of rotatable bonds is 16. The maximum atomic E-state index is 12.7. The molecule has 0 saturated heterocycles. The molecule has 0 aromatic heterocycles. The molecule has 7 N–H and O–H groups in total. The number of hydrogen-bond acceptors (Lipinski definition) is 19. The molecule has 0 saturated carbocycles. The molecule has 0 amide bonds. The minimum absolute atomic E-state index is 0.0463. The number of hydrogen-bond donors (Lipinski definition) is 5. The van der Waals surface area contributed by atoms with Gasteiger partial charge in [0.15, 0.2) is 19.7 Å². The van der Waals surface area contributed by atoms with Gasteiger partial charge in [-0.05, 0) is 48.5 Å². The summed E-state index contributed by atoms with van der Waals surface area (Å²) in [5.74, 6) is -1.79. The van der Waals surface area contributed by atoms with Crippen LogP contribution in [0.25, 0.3) is 0 Å². The summed E-state index contributed by atoms with van der Waals surface area (Å²) in [7, 11) is -22.3. The van der Waals surface area contributed by atoms with E-state index >= 15 is 0 Å². The molecule has 0 fully saturated rings. The van der Waals surface area contributed by atoms with Gasteiger partial charge in [-0.2, -0.15) is 25.3 Å². The van der Waals surface area contributed by atoms with Gasteiger partial charge in [0, 0.05) is 0 Å². The van der Waals surface area contributed by atoms with Crippen molar-refractivity contribution in [3.63, 3.8) is 0 Å². The molecular formula is C23H26N6O16S5. The van der Waals surface area contributed by atoms with Crippen LogP contribution in [0, 0.1) is 0 Å². The van der Waals surface area contributed by atoms with Gasteiger partial charge in [-0.15, -0.1) is 20.5 Å². The summed E-state index contributed by atoms with van der Waals surface area (Å²) in [6.45, 7) is -1.89. The van der Waals surface area contributed by atoms with E-state index in [0.29, 0.717) is 6.07 Å². The Morgan fingerprint density at radius 3 is 1.48 bits per heavy atom. The van der Waals surface area contributed by atoms with E-state index in [1.165, 1.54) is 19.2 Å². The molecule has 0 unspecified atom stereocenters. The first-order chi connectivity index (χ1) is 22.9. The van der Waals surface area contributed by atoms with Crippen LogP contribution in [0.15, 0.2) is 83.7 Å². The highest BCUT2D eigenvalue weighted by molar-refractivity contribution is 7.92. The summed E-state index contributed by atoms with van der Waals surface area (Å²) < 4.78 is 158. The lowest BCUT2D eigenvalue weighted by atomic mass is 10.2. The van der Waals surface area contributed by atoms with Crippen LogP contribution in [0.2, 0.25) is 0 Å². The number of ether oxygens (including phenoxy) is 1. The predicted octanol–water partition coefficient (Wildman–Crippen LogP) is 2.12. The first-order valence-electron chi connectivity index (χ1n) is 12.9. The smallest absolute Gasteiger partial charge is 0.397 e. The standard InChI is InChI=1S/C23H26N6O16S5/c1-43-22-5-3-14(46(30,31)8-6-44-49(37,38)39)10-21(22)29-28-20-13-19(16(24)12-17(20)25)27-26-18-4-2-15(11-23(18)48(34,35)36)47(32,33)9-7-45-50(40,41)42/h2-5,10-13H,6-9,24-25H2,1H3,(H,34,35,36)(H,37,38,39)(H,40,41,42). The van der Waals surface area contributed by atoms with Gasteiger partial charge < -0.3 is 16.2 Å². The first-order valence-corrected chi connectivity index (χ1v) is 20.4. The second kappa shape index (κ2) is 15.4. The Morgan fingerprint density at radius 2 is 1.02 bits per heavy atom. The van der Waals surface area contributed by atoms with Gasteiger partial charge in [0.1, 0.15) is 33.4 Å². The lowest BCUT2D eigenvalue weighted by molar-refractivity contribution is 0.282. The summed E-state index contributed by atoms with van der Waals surface area (Å²) in [6.07, 6.45) is 0. The third-order valence-corrected chi connectivity index (χ3v) is 11.1. The molecule has 50 heavy (non-hydrogen) atoms. The maximum Gasteiger partial charge on any atom is 0.397 e. The van der Waals surface area contributed by atoms with Crippen molar-refractivity contribution in [2.24, 2.45) is 20.5 Å². The highest BCUT2D eigenvalue weighted by Crippen LogP contribution is 2.38. The van der Waals surface area contributed by atoms with Crippen LogP contribution in [0.4, 0.5) is 34.1 Å². The van der Waals surface area contributed by atoms with Crippen molar-refractivity contribution in [3.8, 4) is 5.75 Å². The minimum Gasteiger partial charge on any atom is -0.494 e. The van der Waals surface area contributed by atoms with Gasteiger partial charge in [-0.25, -0.2) is 25.2 Å². The normalized spacial score (nSPS) is 13.3. The molecular weight excluding hydrogens is 777 g/mol. The Kier molecular flexibility index (Phi) is 12.4. The average Bonchev–Trinajstić information content (AvgIpc) is 2.97. The largest absolute Gasteiger partial charge is 0.494 e. The summed E-state index contributed by atoms with van der Waals surface area (Å²) in [5.41, 5.74) is 10.7. The van der Waals surface area contributed by atoms with E-state index in [-0.39, 0.29) is 39.1 Å². The van der Waals surface area contributed by atoms with Crippen molar-refractivity contribution in [2.45, 2.75) is 14.7 Å². The third-order valence-electron chi connectivity index (χ3n) is 5.95. The number of nitrogens with two attached hydrogens (primary N) is 2. The zero-order valence-corrected chi connectivity index (χ0v) is 29.2. The second-order valence-corrected chi connectivity index (χ2v) is 17.2. The fraction of sp³-hybridized carbons (Fsp3) is 0.217. The van der Waals surface area contributed by atoms with Gasteiger partial charge in [0.25, 0.3) is 10.1 Å². The lowest BCUT2D eigenvalue weighted by Gasteiger charge is -2.09. The molecule has 27 heteroatoms. The van der Waals surface area contributed by atoms with Crippen LogP contribution in [-0.4, -0.2) is 87.6 Å². The van der Waals surface area contributed by atoms with E-state index in [1.807, 2.05) is 0 Å². The van der Waals surface area contributed by atoms with Crippen LogP contribution in [-0.2, 0) is 59.0 Å². The second-order valence-electron chi connectivity index (χ2n) is 9.45. The van der Waals surface area contributed by atoms with E-state index in [1.54, 1.807) is 0 Å². The average molecular weight is 803 g/mol. The van der Waals surface area contributed by atoms with Gasteiger partial charge in [0.05, 0.1) is 53.0 Å². The quantitative estimate of drug-likeness (QED) is 0.0786. The summed E-state index contributed by atoms with van der Waals surface area (Å²) in [6, 6.07) is 7.98. The van der Waals surface area contributed by atoms with E-state index in [2.05, 4.69) is 28.8 Å².